The summed E-state index contributed by atoms with van der Waals surface area (Å²) in [5.74, 6) is -1.27. The van der Waals surface area contributed by atoms with Crippen LogP contribution in [0.15, 0.2) is 48.5 Å². The molecule has 7 heteroatoms. The minimum absolute atomic E-state index is 0.256. The van der Waals surface area contributed by atoms with E-state index < -0.39 is 26.7 Å². The fourth-order valence-electron chi connectivity index (χ4n) is 1.82. The van der Waals surface area contributed by atoms with Gasteiger partial charge in [0.05, 0.1) is 0 Å². The van der Waals surface area contributed by atoms with E-state index in [1.54, 1.807) is 0 Å². The van der Waals surface area contributed by atoms with E-state index in [-0.39, 0.29) is 11.1 Å². The van der Waals surface area contributed by atoms with Crippen LogP contribution in [0.3, 0.4) is 0 Å². The SMILES string of the molecule is O=S(=O)(O)C(O)(c1ccc(F)cc1)c1ccc(F)cc1. The van der Waals surface area contributed by atoms with E-state index in [9.17, 15) is 26.9 Å². The van der Waals surface area contributed by atoms with Crippen LogP contribution in [0.5, 0.6) is 0 Å². The smallest absolute Gasteiger partial charge is 0.304 e. The molecule has 2 aromatic rings. The third kappa shape index (κ3) is 2.43. The number of benzene rings is 2. The average molecular weight is 300 g/mol. The summed E-state index contributed by atoms with van der Waals surface area (Å²) in [6.07, 6.45) is 0. The van der Waals surface area contributed by atoms with Crippen LogP contribution in [-0.2, 0) is 15.1 Å². The van der Waals surface area contributed by atoms with Gasteiger partial charge >= 0.3 is 10.1 Å². The minimum Gasteiger partial charge on any atom is -0.365 e. The highest BCUT2D eigenvalue weighted by atomic mass is 32.2. The van der Waals surface area contributed by atoms with Crippen molar-refractivity contribution in [2.75, 3.05) is 0 Å². The lowest BCUT2D eigenvalue weighted by atomic mass is 10.0. The van der Waals surface area contributed by atoms with Crippen LogP contribution in [-0.4, -0.2) is 18.1 Å². The third-order valence-corrected chi connectivity index (χ3v) is 4.06. The molecule has 4 nitrogen and oxygen atoms in total. The summed E-state index contributed by atoms with van der Waals surface area (Å²) in [6.45, 7) is 0. The van der Waals surface area contributed by atoms with Crippen LogP contribution in [0, 0.1) is 11.6 Å². The molecule has 0 aromatic heterocycles. The molecule has 0 saturated carbocycles. The van der Waals surface area contributed by atoms with Gasteiger partial charge in [-0.05, 0) is 24.3 Å². The van der Waals surface area contributed by atoms with Crippen molar-refractivity contribution in [1.82, 2.24) is 0 Å². The molecule has 0 atom stereocenters. The van der Waals surface area contributed by atoms with Crippen LogP contribution in [0.25, 0.3) is 0 Å². The number of aliphatic hydroxyl groups is 1. The Labute approximate surface area is 114 Å². The van der Waals surface area contributed by atoms with Crippen LogP contribution < -0.4 is 0 Å². The summed E-state index contributed by atoms with van der Waals surface area (Å²) in [7, 11) is -4.99. The van der Waals surface area contributed by atoms with E-state index in [0.29, 0.717) is 0 Å². The summed E-state index contributed by atoms with van der Waals surface area (Å²) >= 11 is 0. The van der Waals surface area contributed by atoms with Gasteiger partial charge in [-0.15, -0.1) is 0 Å². The van der Waals surface area contributed by atoms with Crippen molar-refractivity contribution >= 4 is 10.1 Å². The zero-order chi connectivity index (χ0) is 15.0. The Morgan fingerprint density at radius 3 is 1.35 bits per heavy atom. The van der Waals surface area contributed by atoms with Gasteiger partial charge in [-0.2, -0.15) is 8.42 Å². The molecule has 0 fully saturated rings. The molecular formula is C13H10F2O4S. The van der Waals surface area contributed by atoms with Crippen molar-refractivity contribution < 1.29 is 26.9 Å². The highest BCUT2D eigenvalue weighted by molar-refractivity contribution is 7.86. The molecule has 0 spiro atoms. The average Bonchev–Trinajstić information content (AvgIpc) is 2.38. The predicted octanol–water partition coefficient (Wildman–Crippen LogP) is 2.05. The molecule has 0 aliphatic rings. The maximum atomic E-state index is 12.9. The molecule has 0 amide bonds. The lowest BCUT2D eigenvalue weighted by Gasteiger charge is -2.25. The first-order valence-electron chi connectivity index (χ1n) is 5.46. The lowest BCUT2D eigenvalue weighted by molar-refractivity contribution is 0.154. The quantitative estimate of drug-likeness (QED) is 0.851. The van der Waals surface area contributed by atoms with E-state index in [0.717, 1.165) is 48.5 Å². The Morgan fingerprint density at radius 2 is 1.10 bits per heavy atom. The molecule has 2 rings (SSSR count). The Morgan fingerprint density at radius 1 is 0.800 bits per heavy atom. The second kappa shape index (κ2) is 4.93. The zero-order valence-electron chi connectivity index (χ0n) is 9.99. The van der Waals surface area contributed by atoms with Crippen molar-refractivity contribution in [3.63, 3.8) is 0 Å². The monoisotopic (exact) mass is 300 g/mol. The first kappa shape index (κ1) is 14.6. The van der Waals surface area contributed by atoms with E-state index in [1.165, 1.54) is 0 Å². The Kier molecular flexibility index (Phi) is 3.59. The van der Waals surface area contributed by atoms with Gasteiger partial charge in [0.15, 0.2) is 0 Å². The van der Waals surface area contributed by atoms with Gasteiger partial charge in [0, 0.05) is 11.1 Å². The highest BCUT2D eigenvalue weighted by Crippen LogP contribution is 2.34. The molecular weight excluding hydrogens is 290 g/mol. The van der Waals surface area contributed by atoms with Crippen LogP contribution in [0.4, 0.5) is 8.78 Å². The van der Waals surface area contributed by atoms with Gasteiger partial charge < -0.3 is 5.11 Å². The van der Waals surface area contributed by atoms with Crippen molar-refractivity contribution in [2.45, 2.75) is 4.93 Å². The highest BCUT2D eigenvalue weighted by Gasteiger charge is 2.44. The van der Waals surface area contributed by atoms with Gasteiger partial charge in [-0.3, -0.25) is 4.55 Å². The first-order valence-corrected chi connectivity index (χ1v) is 6.90. The summed E-state index contributed by atoms with van der Waals surface area (Å²) in [5, 5.41) is 10.4. The summed E-state index contributed by atoms with van der Waals surface area (Å²) in [5.41, 5.74) is -0.513. The summed E-state index contributed by atoms with van der Waals surface area (Å²) < 4.78 is 58.2. The third-order valence-electron chi connectivity index (χ3n) is 2.84. The number of hydrogen-bond donors (Lipinski definition) is 2. The van der Waals surface area contributed by atoms with Crippen molar-refractivity contribution in [3.05, 3.63) is 71.3 Å². The lowest BCUT2D eigenvalue weighted by Crippen LogP contribution is -2.36. The van der Waals surface area contributed by atoms with Gasteiger partial charge in [0.25, 0.3) is 0 Å². The summed E-state index contributed by atoms with van der Waals surface area (Å²) in [4.78, 5) is -2.80. The summed E-state index contributed by atoms with van der Waals surface area (Å²) in [6, 6.07) is 7.84. The Bertz CT molecular complexity index is 664. The molecule has 106 valence electrons. The molecule has 0 bridgehead atoms. The van der Waals surface area contributed by atoms with Gasteiger partial charge in [-0.25, -0.2) is 8.78 Å². The molecule has 2 aromatic carbocycles. The molecule has 0 saturated heterocycles. The van der Waals surface area contributed by atoms with Crippen molar-refractivity contribution in [1.29, 1.82) is 0 Å². The molecule has 0 unspecified atom stereocenters. The van der Waals surface area contributed by atoms with Gasteiger partial charge in [0.2, 0.25) is 4.93 Å². The fourth-order valence-corrected chi connectivity index (χ4v) is 2.68. The minimum atomic E-state index is -4.99. The van der Waals surface area contributed by atoms with E-state index in [2.05, 4.69) is 0 Å². The topological polar surface area (TPSA) is 74.6 Å². The maximum absolute atomic E-state index is 12.9. The standard InChI is InChI=1S/C13H10F2O4S/c14-11-5-1-9(2-6-11)13(16,20(17,18)19)10-3-7-12(15)8-4-10/h1-8,16H,(H,17,18,19). The second-order valence-electron chi connectivity index (χ2n) is 4.13. The Balaban J connectivity index is 2.69. The second-order valence-corrected chi connectivity index (χ2v) is 5.67. The largest absolute Gasteiger partial charge is 0.365 e. The molecule has 0 radical (unpaired) electrons. The molecule has 20 heavy (non-hydrogen) atoms. The first-order chi connectivity index (χ1) is 9.25. The number of halogens is 2. The van der Waals surface area contributed by atoms with Crippen molar-refractivity contribution in [2.24, 2.45) is 0 Å². The van der Waals surface area contributed by atoms with E-state index in [4.69, 9.17) is 0 Å². The maximum Gasteiger partial charge on any atom is 0.304 e. The normalized spacial score (nSPS) is 12.4. The molecule has 0 aliphatic carbocycles. The Hall–Kier alpha value is -1.83. The van der Waals surface area contributed by atoms with Crippen molar-refractivity contribution in [3.8, 4) is 0 Å². The zero-order valence-corrected chi connectivity index (χ0v) is 10.8. The predicted molar refractivity (Wildman–Crippen MR) is 67.3 cm³/mol. The molecule has 0 heterocycles. The van der Waals surface area contributed by atoms with Gasteiger partial charge in [-0.1, -0.05) is 24.3 Å². The molecule has 0 aliphatic heterocycles. The van der Waals surface area contributed by atoms with Crippen LogP contribution >= 0.6 is 0 Å². The van der Waals surface area contributed by atoms with Crippen LogP contribution in [0.1, 0.15) is 11.1 Å². The van der Waals surface area contributed by atoms with Gasteiger partial charge in [0.1, 0.15) is 11.6 Å². The number of hydrogen-bond acceptors (Lipinski definition) is 3. The van der Waals surface area contributed by atoms with E-state index >= 15 is 0 Å². The number of rotatable bonds is 3. The molecule has 2 N–H and O–H groups in total. The van der Waals surface area contributed by atoms with E-state index in [1.807, 2.05) is 0 Å². The fraction of sp³-hybridized carbons (Fsp3) is 0.0769. The van der Waals surface area contributed by atoms with Crippen LogP contribution in [0.2, 0.25) is 0 Å².